The third-order valence-electron chi connectivity index (χ3n) is 2.87. The maximum atomic E-state index is 11.7. The molecule has 1 rings (SSSR count). The van der Waals surface area contributed by atoms with Gasteiger partial charge in [0.2, 0.25) is 11.8 Å². The van der Waals surface area contributed by atoms with Gasteiger partial charge in [0.1, 0.15) is 0 Å². The Kier molecular flexibility index (Phi) is 5.55. The van der Waals surface area contributed by atoms with E-state index in [1.165, 1.54) is 6.92 Å². The van der Waals surface area contributed by atoms with Gasteiger partial charge in [0, 0.05) is 26.2 Å². The maximum Gasteiger partial charge on any atom is 0.224 e. The van der Waals surface area contributed by atoms with Gasteiger partial charge in [0.15, 0.2) is 0 Å². The summed E-state index contributed by atoms with van der Waals surface area (Å²) < 4.78 is 0. The second-order valence-corrected chi connectivity index (χ2v) is 5.12. The number of hydrogen-bond acceptors (Lipinski definition) is 2. The summed E-state index contributed by atoms with van der Waals surface area (Å²) in [4.78, 5) is 24.5. The van der Waals surface area contributed by atoms with Gasteiger partial charge in [-0.3, -0.25) is 9.59 Å². The van der Waals surface area contributed by atoms with Crippen LogP contribution in [-0.4, -0.2) is 25.4 Å². The van der Waals surface area contributed by atoms with Crippen LogP contribution in [0.1, 0.15) is 26.3 Å². The van der Waals surface area contributed by atoms with E-state index >= 15 is 0 Å². The number of rotatable bonds is 5. The number of nitrogens with zero attached hydrogens (tertiary/aromatic N) is 1. The Balaban J connectivity index is 2.57. The van der Waals surface area contributed by atoms with Gasteiger partial charge in [-0.25, -0.2) is 0 Å². The van der Waals surface area contributed by atoms with Crippen molar-refractivity contribution >= 4 is 17.5 Å². The van der Waals surface area contributed by atoms with Crippen LogP contribution in [0.4, 0.5) is 5.69 Å². The van der Waals surface area contributed by atoms with Crippen molar-refractivity contribution in [2.24, 2.45) is 5.92 Å². The number of carbonyl (C=O) groups is 2. The first-order chi connectivity index (χ1) is 8.90. The van der Waals surface area contributed by atoms with E-state index in [1.54, 1.807) is 11.9 Å². The highest BCUT2D eigenvalue weighted by Crippen LogP contribution is 2.14. The van der Waals surface area contributed by atoms with Gasteiger partial charge in [0.25, 0.3) is 0 Å². The van der Waals surface area contributed by atoms with E-state index in [0.29, 0.717) is 18.9 Å². The predicted octanol–water partition coefficient (Wildman–Crippen LogP) is 1.98. The summed E-state index contributed by atoms with van der Waals surface area (Å²) in [5.41, 5.74) is 1.78. The van der Waals surface area contributed by atoms with Crippen LogP contribution >= 0.6 is 0 Å². The zero-order valence-electron chi connectivity index (χ0n) is 12.1. The van der Waals surface area contributed by atoms with E-state index in [4.69, 9.17) is 0 Å². The largest absolute Gasteiger partial charge is 0.356 e. The number of anilines is 1. The van der Waals surface area contributed by atoms with Gasteiger partial charge >= 0.3 is 0 Å². The van der Waals surface area contributed by atoms with E-state index in [9.17, 15) is 9.59 Å². The number of nitrogens with one attached hydrogen (secondary N) is 1. The summed E-state index contributed by atoms with van der Waals surface area (Å²) in [5.74, 6) is 0.472. The Labute approximate surface area is 114 Å². The molecular formula is C15H22N2O2. The van der Waals surface area contributed by atoms with Gasteiger partial charge in [0.05, 0.1) is 6.42 Å². The normalized spacial score (nSPS) is 10.4. The van der Waals surface area contributed by atoms with Crippen molar-refractivity contribution in [2.45, 2.75) is 27.2 Å². The summed E-state index contributed by atoms with van der Waals surface area (Å²) >= 11 is 0. The molecule has 1 aromatic carbocycles. The molecule has 1 N–H and O–H groups in total. The van der Waals surface area contributed by atoms with Gasteiger partial charge < -0.3 is 10.2 Å². The molecule has 0 spiro atoms. The molecule has 1 aromatic rings. The monoisotopic (exact) mass is 262 g/mol. The molecule has 4 heteroatoms. The number of amides is 2. The maximum absolute atomic E-state index is 11.7. The average molecular weight is 262 g/mol. The molecule has 104 valence electrons. The SMILES string of the molecule is CC(=O)N(C)c1ccc(CC(=O)NCC(C)C)cc1. The molecule has 0 atom stereocenters. The Morgan fingerprint density at radius 3 is 2.26 bits per heavy atom. The molecule has 0 saturated carbocycles. The molecular weight excluding hydrogens is 240 g/mol. The molecule has 0 heterocycles. The summed E-state index contributed by atoms with van der Waals surface area (Å²) in [6.07, 6.45) is 0.372. The predicted molar refractivity (Wildman–Crippen MR) is 77.1 cm³/mol. The second-order valence-electron chi connectivity index (χ2n) is 5.12. The smallest absolute Gasteiger partial charge is 0.224 e. The third-order valence-corrected chi connectivity index (χ3v) is 2.87. The van der Waals surface area contributed by atoms with Crippen LogP contribution in [0.3, 0.4) is 0 Å². The molecule has 0 saturated heterocycles. The molecule has 4 nitrogen and oxygen atoms in total. The minimum Gasteiger partial charge on any atom is -0.356 e. The molecule has 0 unspecified atom stereocenters. The lowest BCUT2D eigenvalue weighted by atomic mass is 10.1. The highest BCUT2D eigenvalue weighted by molar-refractivity contribution is 5.90. The topological polar surface area (TPSA) is 49.4 Å². The lowest BCUT2D eigenvalue weighted by Crippen LogP contribution is -2.28. The van der Waals surface area contributed by atoms with Crippen molar-refractivity contribution in [1.82, 2.24) is 5.32 Å². The van der Waals surface area contributed by atoms with Crippen LogP contribution in [0.15, 0.2) is 24.3 Å². The highest BCUT2D eigenvalue weighted by atomic mass is 16.2. The fourth-order valence-electron chi connectivity index (χ4n) is 1.59. The van der Waals surface area contributed by atoms with Gasteiger partial charge in [-0.05, 0) is 23.6 Å². The van der Waals surface area contributed by atoms with Gasteiger partial charge in [-0.15, -0.1) is 0 Å². The van der Waals surface area contributed by atoms with Crippen molar-refractivity contribution in [3.05, 3.63) is 29.8 Å². The summed E-state index contributed by atoms with van der Waals surface area (Å²) in [6.45, 7) is 6.34. The number of benzene rings is 1. The molecule has 0 aliphatic heterocycles. The van der Waals surface area contributed by atoms with Crippen molar-refractivity contribution in [3.63, 3.8) is 0 Å². The third kappa shape index (κ3) is 5.12. The molecule has 0 aliphatic rings. The van der Waals surface area contributed by atoms with Crippen LogP contribution in [0.5, 0.6) is 0 Å². The van der Waals surface area contributed by atoms with Gasteiger partial charge in [-0.1, -0.05) is 26.0 Å². The summed E-state index contributed by atoms with van der Waals surface area (Å²) in [6, 6.07) is 7.46. The van der Waals surface area contributed by atoms with Crippen LogP contribution in [0.25, 0.3) is 0 Å². The first kappa shape index (κ1) is 15.2. The Morgan fingerprint density at radius 2 is 1.79 bits per heavy atom. The first-order valence-electron chi connectivity index (χ1n) is 6.50. The lowest BCUT2D eigenvalue weighted by Gasteiger charge is -2.15. The second kappa shape index (κ2) is 6.92. The van der Waals surface area contributed by atoms with Crippen LogP contribution in [0.2, 0.25) is 0 Å². The molecule has 0 bridgehead atoms. The van der Waals surface area contributed by atoms with E-state index in [0.717, 1.165) is 11.3 Å². The zero-order chi connectivity index (χ0) is 14.4. The van der Waals surface area contributed by atoms with E-state index in [1.807, 2.05) is 24.3 Å². The summed E-state index contributed by atoms with van der Waals surface area (Å²) in [5, 5.41) is 2.88. The standard InChI is InChI=1S/C15H22N2O2/c1-11(2)10-16-15(19)9-13-5-7-14(8-6-13)17(4)12(3)18/h5-8,11H,9-10H2,1-4H3,(H,16,19). The molecule has 2 amide bonds. The van der Waals surface area contributed by atoms with Crippen LogP contribution < -0.4 is 10.2 Å². The molecule has 0 fully saturated rings. The molecule has 19 heavy (non-hydrogen) atoms. The van der Waals surface area contributed by atoms with Crippen molar-refractivity contribution < 1.29 is 9.59 Å². The zero-order valence-corrected chi connectivity index (χ0v) is 12.1. The van der Waals surface area contributed by atoms with Gasteiger partial charge in [-0.2, -0.15) is 0 Å². The van der Waals surface area contributed by atoms with Crippen molar-refractivity contribution in [3.8, 4) is 0 Å². The molecule has 0 aromatic heterocycles. The average Bonchev–Trinajstić information content (AvgIpc) is 2.36. The first-order valence-corrected chi connectivity index (χ1v) is 6.50. The highest BCUT2D eigenvalue weighted by Gasteiger charge is 2.07. The van der Waals surface area contributed by atoms with Crippen molar-refractivity contribution in [1.29, 1.82) is 0 Å². The fraction of sp³-hybridized carbons (Fsp3) is 0.467. The summed E-state index contributed by atoms with van der Waals surface area (Å²) in [7, 11) is 1.73. The molecule has 0 aliphatic carbocycles. The van der Waals surface area contributed by atoms with Crippen LogP contribution in [0, 0.1) is 5.92 Å². The van der Waals surface area contributed by atoms with Crippen LogP contribution in [-0.2, 0) is 16.0 Å². The Bertz CT molecular complexity index is 438. The molecule has 0 radical (unpaired) electrons. The minimum absolute atomic E-state index is 0.0116. The fourth-order valence-corrected chi connectivity index (χ4v) is 1.59. The number of hydrogen-bond donors (Lipinski definition) is 1. The quantitative estimate of drug-likeness (QED) is 0.882. The van der Waals surface area contributed by atoms with Crippen molar-refractivity contribution in [2.75, 3.05) is 18.5 Å². The lowest BCUT2D eigenvalue weighted by molar-refractivity contribution is -0.120. The Hall–Kier alpha value is -1.84. The van der Waals surface area contributed by atoms with E-state index < -0.39 is 0 Å². The minimum atomic E-state index is -0.0116. The van der Waals surface area contributed by atoms with E-state index in [-0.39, 0.29) is 11.8 Å². The Morgan fingerprint density at radius 1 is 1.21 bits per heavy atom. The van der Waals surface area contributed by atoms with E-state index in [2.05, 4.69) is 19.2 Å². The number of carbonyl (C=O) groups excluding carboxylic acids is 2.